The molecule has 6 nitrogen and oxygen atoms in total. The molecule has 2 atom stereocenters. The maximum atomic E-state index is 13.1. The first-order valence-electron chi connectivity index (χ1n) is 9.70. The maximum Gasteiger partial charge on any atom is 0.271 e. The van der Waals surface area contributed by atoms with Gasteiger partial charge in [0, 0.05) is 41.3 Å². The van der Waals surface area contributed by atoms with Crippen molar-refractivity contribution < 1.29 is 13.2 Å². The van der Waals surface area contributed by atoms with E-state index in [1.165, 1.54) is 11.3 Å². The average Bonchev–Trinajstić information content (AvgIpc) is 3.39. The van der Waals surface area contributed by atoms with Gasteiger partial charge in [-0.25, -0.2) is 8.42 Å². The zero-order chi connectivity index (χ0) is 21.3. The van der Waals surface area contributed by atoms with Crippen LogP contribution in [0.1, 0.15) is 13.8 Å². The fourth-order valence-electron chi connectivity index (χ4n) is 3.73. The van der Waals surface area contributed by atoms with Crippen molar-refractivity contribution in [2.24, 2.45) is 0 Å². The minimum atomic E-state index is -3.72. The van der Waals surface area contributed by atoms with Crippen molar-refractivity contribution in [3.8, 4) is 16.2 Å². The molecule has 0 unspecified atom stereocenters. The second-order valence-electron chi connectivity index (χ2n) is 7.49. The highest BCUT2D eigenvalue weighted by molar-refractivity contribution is 7.94. The van der Waals surface area contributed by atoms with E-state index < -0.39 is 10.0 Å². The molecule has 1 saturated heterocycles. The van der Waals surface area contributed by atoms with Gasteiger partial charge in [0.25, 0.3) is 10.0 Å². The van der Waals surface area contributed by atoms with E-state index in [1.54, 1.807) is 24.5 Å². The number of thiophene rings is 2. The Morgan fingerprint density at radius 2 is 1.90 bits per heavy atom. The summed E-state index contributed by atoms with van der Waals surface area (Å²) in [4.78, 5) is 3.20. The molecule has 0 amide bonds. The van der Waals surface area contributed by atoms with Crippen LogP contribution in [0.2, 0.25) is 0 Å². The van der Waals surface area contributed by atoms with Crippen molar-refractivity contribution >= 4 is 44.1 Å². The molecule has 3 aromatic rings. The summed E-state index contributed by atoms with van der Waals surface area (Å²) in [7, 11) is -2.18. The number of ether oxygens (including phenoxy) is 1. The molecule has 0 saturated carbocycles. The molecule has 0 aliphatic carbocycles. The Bertz CT molecular complexity index is 1100. The van der Waals surface area contributed by atoms with E-state index in [-0.39, 0.29) is 4.21 Å². The Hall–Kier alpha value is -2.07. The van der Waals surface area contributed by atoms with E-state index in [2.05, 4.69) is 28.8 Å². The van der Waals surface area contributed by atoms with Crippen molar-refractivity contribution in [3.63, 3.8) is 0 Å². The van der Waals surface area contributed by atoms with Crippen LogP contribution < -0.4 is 19.7 Å². The monoisotopic (exact) mass is 463 g/mol. The summed E-state index contributed by atoms with van der Waals surface area (Å²) in [6.07, 6.45) is 0. The van der Waals surface area contributed by atoms with E-state index in [0.29, 0.717) is 23.5 Å². The van der Waals surface area contributed by atoms with Crippen molar-refractivity contribution in [2.45, 2.75) is 30.1 Å². The van der Waals surface area contributed by atoms with Crippen LogP contribution in [0.4, 0.5) is 11.4 Å². The quantitative estimate of drug-likeness (QED) is 0.564. The number of sulfonamides is 1. The van der Waals surface area contributed by atoms with Crippen LogP contribution in [0, 0.1) is 0 Å². The Morgan fingerprint density at radius 3 is 2.57 bits per heavy atom. The zero-order valence-electron chi connectivity index (χ0n) is 17.1. The van der Waals surface area contributed by atoms with Gasteiger partial charge in [-0.3, -0.25) is 4.72 Å². The van der Waals surface area contributed by atoms with Crippen molar-refractivity contribution in [2.75, 3.05) is 29.8 Å². The van der Waals surface area contributed by atoms with Crippen LogP contribution in [0.5, 0.6) is 5.75 Å². The lowest BCUT2D eigenvalue weighted by Crippen LogP contribution is -2.54. The lowest BCUT2D eigenvalue weighted by atomic mass is 10.1. The third-order valence-corrected chi connectivity index (χ3v) is 8.68. The first-order chi connectivity index (χ1) is 14.4. The summed E-state index contributed by atoms with van der Waals surface area (Å²) in [5.41, 5.74) is 2.45. The second kappa shape index (κ2) is 8.58. The number of nitrogens with one attached hydrogen (secondary N) is 2. The SMILES string of the molecule is COc1ccc(N2C[C@@H](C)N[C@@H](C)C2)cc1NS(=O)(=O)c1ccc(-c2ccsc2)s1. The summed E-state index contributed by atoms with van der Waals surface area (Å²) in [6, 6.07) is 11.8. The standard InChI is InChI=1S/C21H25N3O3S3/c1-14-11-24(12-15(2)22-14)17-4-5-19(27-3)18(10-17)23-30(25,26)21-7-6-20(29-21)16-8-9-28-13-16/h4-10,13-15,22-23H,11-12H2,1-3H3/t14-,15+. The van der Waals surface area contributed by atoms with E-state index in [1.807, 2.05) is 41.1 Å². The predicted molar refractivity (Wildman–Crippen MR) is 126 cm³/mol. The molecule has 1 fully saturated rings. The minimum absolute atomic E-state index is 0.278. The average molecular weight is 464 g/mol. The van der Waals surface area contributed by atoms with Gasteiger partial charge in [0.1, 0.15) is 9.96 Å². The van der Waals surface area contributed by atoms with Gasteiger partial charge in [-0.05, 0) is 61.0 Å². The Kier molecular flexibility index (Phi) is 6.06. The predicted octanol–water partition coefficient (Wildman–Crippen LogP) is 4.47. The van der Waals surface area contributed by atoms with Gasteiger partial charge in [-0.2, -0.15) is 11.3 Å². The molecular formula is C21H25N3O3S3. The Labute approximate surface area is 185 Å². The number of methoxy groups -OCH3 is 1. The Morgan fingerprint density at radius 1 is 1.13 bits per heavy atom. The summed E-state index contributed by atoms with van der Waals surface area (Å²) in [6.45, 7) is 6.02. The molecule has 1 aliphatic heterocycles. The van der Waals surface area contributed by atoms with Gasteiger partial charge in [0.2, 0.25) is 0 Å². The maximum absolute atomic E-state index is 13.1. The van der Waals surface area contributed by atoms with Gasteiger partial charge < -0.3 is 15.0 Å². The van der Waals surface area contributed by atoms with Crippen LogP contribution in [-0.4, -0.2) is 40.7 Å². The van der Waals surface area contributed by atoms with Crippen molar-refractivity contribution in [3.05, 3.63) is 47.2 Å². The molecule has 2 aromatic heterocycles. The normalized spacial score (nSPS) is 19.6. The number of benzene rings is 1. The molecule has 4 rings (SSSR count). The van der Waals surface area contributed by atoms with Crippen LogP contribution in [0.15, 0.2) is 51.4 Å². The number of nitrogens with zero attached hydrogens (tertiary/aromatic N) is 1. The van der Waals surface area contributed by atoms with Gasteiger partial charge in [0.05, 0.1) is 12.8 Å². The Balaban J connectivity index is 1.61. The largest absolute Gasteiger partial charge is 0.495 e. The minimum Gasteiger partial charge on any atom is -0.495 e. The molecule has 30 heavy (non-hydrogen) atoms. The first kappa shape index (κ1) is 21.2. The van der Waals surface area contributed by atoms with Crippen LogP contribution >= 0.6 is 22.7 Å². The highest BCUT2D eigenvalue weighted by Crippen LogP contribution is 2.35. The summed E-state index contributed by atoms with van der Waals surface area (Å²) in [5.74, 6) is 0.494. The summed E-state index contributed by atoms with van der Waals surface area (Å²) < 4.78 is 34.6. The summed E-state index contributed by atoms with van der Waals surface area (Å²) >= 11 is 2.85. The lowest BCUT2D eigenvalue weighted by Gasteiger charge is -2.38. The third kappa shape index (κ3) is 4.49. The highest BCUT2D eigenvalue weighted by atomic mass is 32.2. The molecule has 160 valence electrons. The topological polar surface area (TPSA) is 70.7 Å². The van der Waals surface area contributed by atoms with Crippen molar-refractivity contribution in [1.82, 2.24) is 5.32 Å². The molecule has 9 heteroatoms. The van der Waals surface area contributed by atoms with Gasteiger partial charge in [-0.15, -0.1) is 11.3 Å². The van der Waals surface area contributed by atoms with Crippen molar-refractivity contribution in [1.29, 1.82) is 0 Å². The van der Waals surface area contributed by atoms with E-state index in [9.17, 15) is 8.42 Å². The molecule has 2 N–H and O–H groups in total. The molecule has 0 radical (unpaired) electrons. The second-order valence-corrected chi connectivity index (χ2v) is 11.3. The van der Waals surface area contributed by atoms with Gasteiger partial charge in [0.15, 0.2) is 0 Å². The van der Waals surface area contributed by atoms with Gasteiger partial charge >= 0.3 is 0 Å². The number of anilines is 2. The number of hydrogen-bond donors (Lipinski definition) is 2. The van der Waals surface area contributed by atoms with Crippen LogP contribution in [0.25, 0.3) is 10.4 Å². The lowest BCUT2D eigenvalue weighted by molar-refractivity contribution is 0.406. The van der Waals surface area contributed by atoms with E-state index in [4.69, 9.17) is 4.74 Å². The zero-order valence-corrected chi connectivity index (χ0v) is 19.5. The first-order valence-corrected chi connectivity index (χ1v) is 12.9. The fraction of sp³-hybridized carbons (Fsp3) is 0.333. The molecular weight excluding hydrogens is 438 g/mol. The number of rotatable bonds is 6. The van der Waals surface area contributed by atoms with E-state index in [0.717, 1.165) is 29.2 Å². The molecule has 0 bridgehead atoms. The van der Waals surface area contributed by atoms with E-state index >= 15 is 0 Å². The number of piperazine rings is 1. The molecule has 1 aliphatic rings. The molecule has 3 heterocycles. The molecule has 1 aromatic carbocycles. The summed E-state index contributed by atoms with van der Waals surface area (Å²) in [5, 5.41) is 7.51. The third-order valence-electron chi connectivity index (χ3n) is 5.00. The smallest absolute Gasteiger partial charge is 0.271 e. The van der Waals surface area contributed by atoms with Crippen LogP contribution in [-0.2, 0) is 10.0 Å². The van der Waals surface area contributed by atoms with Gasteiger partial charge in [-0.1, -0.05) is 0 Å². The number of hydrogen-bond acceptors (Lipinski definition) is 7. The molecule has 0 spiro atoms. The van der Waals surface area contributed by atoms with Crippen LogP contribution in [0.3, 0.4) is 0 Å². The highest BCUT2D eigenvalue weighted by Gasteiger charge is 2.24. The fourth-order valence-corrected chi connectivity index (χ4v) is 6.82.